The van der Waals surface area contributed by atoms with E-state index >= 15 is 0 Å². The summed E-state index contributed by atoms with van der Waals surface area (Å²) in [4.78, 5) is 23.4. The summed E-state index contributed by atoms with van der Waals surface area (Å²) in [5.41, 5.74) is 2.10. The van der Waals surface area contributed by atoms with Gasteiger partial charge >= 0.3 is 5.97 Å². The summed E-state index contributed by atoms with van der Waals surface area (Å²) in [6.07, 6.45) is 17.4. The van der Waals surface area contributed by atoms with E-state index in [1.165, 1.54) is 26.4 Å². The molecule has 1 atom stereocenters. The largest absolute Gasteiger partial charge is 0.469 e. The van der Waals surface area contributed by atoms with Gasteiger partial charge in [-0.15, -0.1) is 0 Å². The standard InChI is InChI=1S/C24H40O4Si/c1-6-7-10-13-21(28-29(3,4)5)18-16-20-17-19-23(25)22(20)14-11-8-9-12-15-24(26)27-2/h8,11,16,18,21H,6-7,9-10,12-15,17,19H2,1-5H3/b11-8+,18-16+. The highest BCUT2D eigenvalue weighted by atomic mass is 28.4. The second-order valence-corrected chi connectivity index (χ2v) is 13.2. The summed E-state index contributed by atoms with van der Waals surface area (Å²) in [7, 11) is -0.200. The van der Waals surface area contributed by atoms with Crippen LogP contribution < -0.4 is 0 Å². The van der Waals surface area contributed by atoms with Gasteiger partial charge in [-0.2, -0.15) is 0 Å². The van der Waals surface area contributed by atoms with E-state index in [2.05, 4.69) is 55.6 Å². The normalized spacial score (nSPS) is 16.4. The minimum Gasteiger partial charge on any atom is -0.469 e. The molecule has 0 radical (unpaired) electrons. The van der Waals surface area contributed by atoms with Crippen LogP contribution in [-0.2, 0) is 18.8 Å². The molecule has 0 N–H and O–H groups in total. The second kappa shape index (κ2) is 13.7. The van der Waals surface area contributed by atoms with E-state index in [9.17, 15) is 9.59 Å². The van der Waals surface area contributed by atoms with E-state index < -0.39 is 8.32 Å². The maximum absolute atomic E-state index is 12.3. The van der Waals surface area contributed by atoms with E-state index in [4.69, 9.17) is 4.43 Å². The minimum atomic E-state index is -1.61. The first-order chi connectivity index (χ1) is 13.8. The molecule has 0 bridgehead atoms. The van der Waals surface area contributed by atoms with E-state index in [-0.39, 0.29) is 17.9 Å². The molecule has 0 heterocycles. The first kappa shape index (κ1) is 25.6. The lowest BCUT2D eigenvalue weighted by molar-refractivity contribution is -0.140. The zero-order valence-electron chi connectivity index (χ0n) is 19.1. The lowest BCUT2D eigenvalue weighted by Crippen LogP contribution is -2.31. The van der Waals surface area contributed by atoms with Crippen molar-refractivity contribution in [1.82, 2.24) is 0 Å². The number of carbonyl (C=O) groups is 2. The molecule has 4 nitrogen and oxygen atoms in total. The van der Waals surface area contributed by atoms with Gasteiger partial charge in [0.2, 0.25) is 0 Å². The molecular formula is C24H40O4Si. The number of rotatable bonds is 14. The van der Waals surface area contributed by atoms with E-state index in [1.54, 1.807) is 0 Å². The van der Waals surface area contributed by atoms with Crippen LogP contribution >= 0.6 is 0 Å². The minimum absolute atomic E-state index is 0.145. The van der Waals surface area contributed by atoms with Gasteiger partial charge in [-0.1, -0.05) is 50.5 Å². The van der Waals surface area contributed by atoms with Gasteiger partial charge in [0.1, 0.15) is 0 Å². The maximum Gasteiger partial charge on any atom is 0.305 e. The van der Waals surface area contributed by atoms with E-state index in [0.717, 1.165) is 36.8 Å². The highest BCUT2D eigenvalue weighted by Gasteiger charge is 2.22. The maximum atomic E-state index is 12.3. The molecule has 29 heavy (non-hydrogen) atoms. The Morgan fingerprint density at radius 3 is 2.55 bits per heavy atom. The molecule has 0 aliphatic heterocycles. The fraction of sp³-hybridized carbons (Fsp3) is 0.667. The predicted octanol–water partition coefficient (Wildman–Crippen LogP) is 6.29. The molecule has 1 aliphatic rings. The molecule has 0 saturated carbocycles. The Morgan fingerprint density at radius 2 is 1.90 bits per heavy atom. The number of hydrogen-bond acceptors (Lipinski definition) is 4. The third-order valence-corrected chi connectivity index (χ3v) is 5.93. The summed E-state index contributed by atoms with van der Waals surface area (Å²) in [6.45, 7) is 8.89. The van der Waals surface area contributed by atoms with Crippen molar-refractivity contribution in [3.63, 3.8) is 0 Å². The molecule has 0 aromatic rings. The number of hydrogen-bond donors (Lipinski definition) is 0. The molecule has 0 saturated heterocycles. The summed E-state index contributed by atoms with van der Waals surface area (Å²) in [5, 5.41) is 0. The van der Waals surface area contributed by atoms with Gasteiger partial charge in [0.05, 0.1) is 13.2 Å². The highest BCUT2D eigenvalue weighted by molar-refractivity contribution is 6.69. The summed E-state index contributed by atoms with van der Waals surface area (Å²) in [5.74, 6) is 0.0889. The van der Waals surface area contributed by atoms with Crippen molar-refractivity contribution in [1.29, 1.82) is 0 Å². The Balaban J connectivity index is 2.68. The van der Waals surface area contributed by atoms with Crippen molar-refractivity contribution in [2.75, 3.05) is 7.11 Å². The van der Waals surface area contributed by atoms with Crippen molar-refractivity contribution in [3.8, 4) is 0 Å². The molecule has 164 valence electrons. The van der Waals surface area contributed by atoms with Crippen LogP contribution in [0.4, 0.5) is 0 Å². The number of Topliss-reactive ketones (excluding diaryl/α,β-unsaturated/α-hetero) is 1. The number of methoxy groups -OCH3 is 1. The SMILES string of the molecule is CCCCCC(/C=C/C1=C(C/C=C/CCCC(=O)OC)C(=O)CC1)O[Si](C)(C)C. The van der Waals surface area contributed by atoms with Crippen molar-refractivity contribution < 1.29 is 18.8 Å². The van der Waals surface area contributed by atoms with Crippen LogP contribution in [0.3, 0.4) is 0 Å². The van der Waals surface area contributed by atoms with Crippen LogP contribution in [0.25, 0.3) is 0 Å². The predicted molar refractivity (Wildman–Crippen MR) is 122 cm³/mol. The lowest BCUT2D eigenvalue weighted by atomic mass is 10.0. The molecule has 0 aromatic carbocycles. The average Bonchev–Trinajstić information content (AvgIpc) is 3.01. The smallest absolute Gasteiger partial charge is 0.305 e. The number of esters is 1. The molecule has 0 spiro atoms. The molecule has 5 heteroatoms. The van der Waals surface area contributed by atoms with Gasteiger partial charge in [0, 0.05) is 18.4 Å². The molecule has 0 amide bonds. The Bertz CT molecular complexity index is 611. The zero-order chi connectivity index (χ0) is 21.7. The van der Waals surface area contributed by atoms with Crippen molar-refractivity contribution in [2.24, 2.45) is 0 Å². The Morgan fingerprint density at radius 1 is 1.14 bits per heavy atom. The zero-order valence-corrected chi connectivity index (χ0v) is 20.1. The number of ketones is 1. The molecular weight excluding hydrogens is 380 g/mol. The van der Waals surface area contributed by atoms with Crippen molar-refractivity contribution in [2.45, 2.75) is 96.9 Å². The quantitative estimate of drug-likeness (QED) is 0.143. The monoisotopic (exact) mass is 420 g/mol. The topological polar surface area (TPSA) is 52.6 Å². The second-order valence-electron chi connectivity index (χ2n) is 8.69. The number of carbonyl (C=O) groups excluding carboxylic acids is 2. The van der Waals surface area contributed by atoms with E-state index in [0.29, 0.717) is 19.3 Å². The third kappa shape index (κ3) is 11.3. The Labute approximate surface area is 178 Å². The van der Waals surface area contributed by atoms with Crippen molar-refractivity contribution in [3.05, 3.63) is 35.5 Å². The first-order valence-corrected chi connectivity index (χ1v) is 14.5. The Hall–Kier alpha value is -1.46. The van der Waals surface area contributed by atoms with Crippen LogP contribution in [0.2, 0.25) is 19.6 Å². The lowest BCUT2D eigenvalue weighted by Gasteiger charge is -2.24. The Kier molecular flexibility index (Phi) is 12.1. The van der Waals surface area contributed by atoms with Crippen LogP contribution in [0.1, 0.15) is 71.1 Å². The number of ether oxygens (including phenoxy) is 1. The van der Waals surface area contributed by atoms with Crippen LogP contribution in [0.15, 0.2) is 35.5 Å². The molecule has 1 rings (SSSR count). The number of unbranched alkanes of at least 4 members (excludes halogenated alkanes) is 3. The van der Waals surface area contributed by atoms with Crippen molar-refractivity contribution >= 4 is 20.1 Å². The molecule has 1 unspecified atom stereocenters. The first-order valence-electron chi connectivity index (χ1n) is 11.1. The highest BCUT2D eigenvalue weighted by Crippen LogP contribution is 2.27. The third-order valence-electron chi connectivity index (χ3n) is 4.92. The molecule has 0 aromatic heterocycles. The van der Waals surface area contributed by atoms with Crippen LogP contribution in [-0.4, -0.2) is 33.3 Å². The summed E-state index contributed by atoms with van der Waals surface area (Å²) < 4.78 is 11.0. The average molecular weight is 421 g/mol. The van der Waals surface area contributed by atoms with Gasteiger partial charge in [-0.05, 0) is 57.3 Å². The summed E-state index contributed by atoms with van der Waals surface area (Å²) in [6, 6.07) is 0. The van der Waals surface area contributed by atoms with Crippen LogP contribution in [0, 0.1) is 0 Å². The van der Waals surface area contributed by atoms with Gasteiger partial charge in [0.25, 0.3) is 0 Å². The fourth-order valence-electron chi connectivity index (χ4n) is 3.41. The van der Waals surface area contributed by atoms with E-state index in [1.807, 2.05) is 0 Å². The van der Waals surface area contributed by atoms with Gasteiger partial charge < -0.3 is 9.16 Å². The van der Waals surface area contributed by atoms with Crippen LogP contribution in [0.5, 0.6) is 0 Å². The number of allylic oxidation sites excluding steroid dienone is 5. The van der Waals surface area contributed by atoms with Gasteiger partial charge in [-0.3, -0.25) is 9.59 Å². The molecule has 0 fully saturated rings. The van der Waals surface area contributed by atoms with Gasteiger partial charge in [-0.25, -0.2) is 0 Å². The molecule has 1 aliphatic carbocycles. The van der Waals surface area contributed by atoms with Gasteiger partial charge in [0.15, 0.2) is 14.1 Å². The fourth-order valence-corrected chi connectivity index (χ4v) is 4.52. The summed E-state index contributed by atoms with van der Waals surface area (Å²) >= 11 is 0.